The van der Waals surface area contributed by atoms with E-state index in [-0.39, 0.29) is 5.91 Å². The molecule has 0 radical (unpaired) electrons. The van der Waals surface area contributed by atoms with Crippen LogP contribution in [0.3, 0.4) is 0 Å². The molecule has 3 heterocycles. The number of carbonyl (C=O) groups excluding carboxylic acids is 1. The summed E-state index contributed by atoms with van der Waals surface area (Å²) >= 11 is 0. The van der Waals surface area contributed by atoms with Gasteiger partial charge >= 0.3 is 0 Å². The number of hydrogen-bond acceptors (Lipinski definition) is 5. The van der Waals surface area contributed by atoms with Crippen molar-refractivity contribution in [3.63, 3.8) is 0 Å². The Labute approximate surface area is 177 Å². The molecular weight excluding hydrogens is 376 g/mol. The van der Waals surface area contributed by atoms with Gasteiger partial charge in [-0.1, -0.05) is 24.3 Å². The molecule has 30 heavy (non-hydrogen) atoms. The Morgan fingerprint density at radius 2 is 2.10 bits per heavy atom. The fraction of sp³-hybridized carbons (Fsp3) is 0.435. The van der Waals surface area contributed by atoms with Crippen LogP contribution in [0.15, 0.2) is 42.7 Å². The Morgan fingerprint density at radius 3 is 2.97 bits per heavy atom. The number of fused-ring (bicyclic) bond motifs is 4. The van der Waals surface area contributed by atoms with E-state index in [9.17, 15) is 4.79 Å². The molecule has 1 N–H and O–H groups in total. The van der Waals surface area contributed by atoms with Gasteiger partial charge in [0.15, 0.2) is 5.65 Å². The van der Waals surface area contributed by atoms with Gasteiger partial charge in [-0.05, 0) is 50.6 Å². The van der Waals surface area contributed by atoms with Crippen LogP contribution in [0.5, 0.6) is 0 Å². The molecule has 7 heteroatoms. The number of rotatable bonds is 3. The Morgan fingerprint density at radius 1 is 1.20 bits per heavy atom. The first-order chi connectivity index (χ1) is 14.6. The molecule has 0 atom stereocenters. The lowest BCUT2D eigenvalue weighted by atomic mass is 10.0. The third-order valence-electron chi connectivity index (χ3n) is 5.56. The maximum atomic E-state index is 12.7. The van der Waals surface area contributed by atoms with Crippen LogP contribution in [-0.2, 0) is 11.2 Å². The van der Waals surface area contributed by atoms with Crippen molar-refractivity contribution in [2.45, 2.75) is 25.7 Å². The van der Waals surface area contributed by atoms with E-state index >= 15 is 0 Å². The number of nitrogens with zero attached hydrogens (tertiary/aromatic N) is 5. The van der Waals surface area contributed by atoms with Crippen molar-refractivity contribution in [3.8, 4) is 11.1 Å². The van der Waals surface area contributed by atoms with Gasteiger partial charge < -0.3 is 15.1 Å². The molecule has 4 bridgehead atoms. The van der Waals surface area contributed by atoms with Crippen molar-refractivity contribution in [2.24, 2.45) is 0 Å². The first-order valence-corrected chi connectivity index (χ1v) is 10.7. The van der Waals surface area contributed by atoms with E-state index in [0.717, 1.165) is 54.9 Å². The molecule has 1 aliphatic rings. The number of nitrogens with one attached hydrogen (secondary N) is 1. The standard InChI is InChI=1S/C23H30N6O/c1-27(2)13-10-22(30)28-12-4-3-6-18-7-5-8-19(16-18)20-17-25-29-14-9-21(24-11-15-28)26-23(20)29/h5,7-9,14,16-17H,3-4,6,10-13,15H2,1-2H3,(H,24,26). The molecule has 1 amide bonds. The van der Waals surface area contributed by atoms with E-state index in [1.807, 2.05) is 42.0 Å². The minimum atomic E-state index is 0.221. The molecule has 0 spiro atoms. The van der Waals surface area contributed by atoms with Gasteiger partial charge in [-0.3, -0.25) is 4.79 Å². The minimum Gasteiger partial charge on any atom is -0.368 e. The lowest BCUT2D eigenvalue weighted by Gasteiger charge is -2.24. The van der Waals surface area contributed by atoms with E-state index in [1.165, 1.54) is 5.56 Å². The highest BCUT2D eigenvalue weighted by Crippen LogP contribution is 2.25. The molecule has 4 rings (SSSR count). The van der Waals surface area contributed by atoms with E-state index < -0.39 is 0 Å². The average Bonchev–Trinajstić information content (AvgIpc) is 3.16. The monoisotopic (exact) mass is 406 g/mol. The fourth-order valence-corrected chi connectivity index (χ4v) is 3.85. The van der Waals surface area contributed by atoms with Gasteiger partial charge in [0.25, 0.3) is 0 Å². The topological polar surface area (TPSA) is 65.8 Å². The second-order valence-corrected chi connectivity index (χ2v) is 8.16. The smallest absolute Gasteiger partial charge is 0.223 e. The van der Waals surface area contributed by atoms with Crippen molar-refractivity contribution in [2.75, 3.05) is 45.6 Å². The van der Waals surface area contributed by atoms with Crippen LogP contribution in [0.1, 0.15) is 24.8 Å². The Kier molecular flexibility index (Phi) is 6.28. The van der Waals surface area contributed by atoms with E-state index in [2.05, 4.69) is 39.6 Å². The first kappa shape index (κ1) is 20.3. The van der Waals surface area contributed by atoms with Crippen LogP contribution in [0.4, 0.5) is 5.82 Å². The Balaban J connectivity index is 1.59. The van der Waals surface area contributed by atoms with Crippen molar-refractivity contribution < 1.29 is 4.79 Å². The second kappa shape index (κ2) is 9.26. The number of hydrogen-bond donors (Lipinski definition) is 1. The SMILES string of the molecule is CN(C)CCC(=O)N1CCCCc2cccc(c2)-c2cnn3ccc(nc23)NCC1. The molecule has 0 fully saturated rings. The molecule has 2 aromatic heterocycles. The number of benzene rings is 1. The molecule has 0 saturated heterocycles. The van der Waals surface area contributed by atoms with Gasteiger partial charge in [0.05, 0.1) is 6.20 Å². The highest BCUT2D eigenvalue weighted by atomic mass is 16.2. The van der Waals surface area contributed by atoms with Gasteiger partial charge in [0.2, 0.25) is 5.91 Å². The van der Waals surface area contributed by atoms with Crippen LogP contribution < -0.4 is 5.32 Å². The Bertz CT molecular complexity index is 1010. The van der Waals surface area contributed by atoms with Crippen LogP contribution >= 0.6 is 0 Å². The van der Waals surface area contributed by atoms with Gasteiger partial charge in [-0.2, -0.15) is 5.10 Å². The zero-order chi connectivity index (χ0) is 20.9. The van der Waals surface area contributed by atoms with E-state index in [4.69, 9.17) is 4.98 Å². The summed E-state index contributed by atoms with van der Waals surface area (Å²) in [5, 5.41) is 7.85. The molecule has 0 unspecified atom stereocenters. The van der Waals surface area contributed by atoms with Crippen LogP contribution in [0, 0.1) is 0 Å². The molecule has 7 nitrogen and oxygen atoms in total. The summed E-state index contributed by atoms with van der Waals surface area (Å²) in [6.45, 7) is 2.93. The third-order valence-corrected chi connectivity index (χ3v) is 5.56. The molecular formula is C23H30N6O. The van der Waals surface area contributed by atoms with Crippen molar-refractivity contribution in [1.82, 2.24) is 24.4 Å². The predicted octanol–water partition coefficient (Wildman–Crippen LogP) is 2.92. The van der Waals surface area contributed by atoms with Gasteiger partial charge in [0.1, 0.15) is 5.82 Å². The van der Waals surface area contributed by atoms with Gasteiger partial charge in [-0.25, -0.2) is 9.50 Å². The number of carbonyl (C=O) groups is 1. The van der Waals surface area contributed by atoms with Crippen LogP contribution in [0.2, 0.25) is 0 Å². The zero-order valence-corrected chi connectivity index (χ0v) is 17.8. The average molecular weight is 407 g/mol. The molecule has 0 saturated carbocycles. The predicted molar refractivity (Wildman–Crippen MR) is 120 cm³/mol. The summed E-state index contributed by atoms with van der Waals surface area (Å²) in [6, 6.07) is 10.6. The lowest BCUT2D eigenvalue weighted by molar-refractivity contribution is -0.131. The number of aromatic nitrogens is 3. The number of aryl methyl sites for hydroxylation is 1. The molecule has 0 aliphatic carbocycles. The highest BCUT2D eigenvalue weighted by Gasteiger charge is 2.15. The van der Waals surface area contributed by atoms with Crippen LogP contribution in [-0.4, -0.2) is 70.6 Å². The highest BCUT2D eigenvalue weighted by molar-refractivity contribution is 5.78. The Hall–Kier alpha value is -2.93. The van der Waals surface area contributed by atoms with E-state index in [1.54, 1.807) is 0 Å². The summed E-state index contributed by atoms with van der Waals surface area (Å²) in [5.41, 5.74) is 4.32. The summed E-state index contributed by atoms with van der Waals surface area (Å²) in [5.74, 6) is 1.02. The fourth-order valence-electron chi connectivity index (χ4n) is 3.85. The lowest BCUT2D eigenvalue weighted by Crippen LogP contribution is -2.37. The van der Waals surface area contributed by atoms with Crippen molar-refractivity contribution in [1.29, 1.82) is 0 Å². The maximum absolute atomic E-state index is 12.7. The zero-order valence-electron chi connectivity index (χ0n) is 17.8. The summed E-state index contributed by atoms with van der Waals surface area (Å²) < 4.78 is 1.81. The summed E-state index contributed by atoms with van der Waals surface area (Å²) in [4.78, 5) is 21.6. The minimum absolute atomic E-state index is 0.221. The molecule has 1 aliphatic heterocycles. The summed E-state index contributed by atoms with van der Waals surface area (Å²) in [6.07, 6.45) is 7.43. The molecule has 3 aromatic rings. The first-order valence-electron chi connectivity index (χ1n) is 10.7. The van der Waals surface area contributed by atoms with Crippen LogP contribution in [0.25, 0.3) is 16.8 Å². The normalized spacial score (nSPS) is 15.1. The number of anilines is 1. The quantitative estimate of drug-likeness (QED) is 0.725. The number of amides is 1. The summed E-state index contributed by atoms with van der Waals surface area (Å²) in [7, 11) is 4.00. The second-order valence-electron chi connectivity index (χ2n) is 8.16. The van der Waals surface area contributed by atoms with Crippen molar-refractivity contribution in [3.05, 3.63) is 48.3 Å². The third kappa shape index (κ3) is 4.79. The maximum Gasteiger partial charge on any atom is 0.223 e. The molecule has 1 aromatic carbocycles. The van der Waals surface area contributed by atoms with Crippen molar-refractivity contribution >= 4 is 17.4 Å². The van der Waals surface area contributed by atoms with E-state index in [0.29, 0.717) is 19.5 Å². The molecule has 158 valence electrons. The van der Waals surface area contributed by atoms with Gasteiger partial charge in [0, 0.05) is 44.4 Å². The largest absolute Gasteiger partial charge is 0.368 e. The van der Waals surface area contributed by atoms with Gasteiger partial charge in [-0.15, -0.1) is 0 Å².